The van der Waals surface area contributed by atoms with Gasteiger partial charge in [-0.3, -0.25) is 24.6 Å². The van der Waals surface area contributed by atoms with E-state index in [0.717, 1.165) is 58.2 Å². The van der Waals surface area contributed by atoms with Gasteiger partial charge in [0, 0.05) is 69.0 Å². The summed E-state index contributed by atoms with van der Waals surface area (Å²) in [5, 5.41) is 16.2. The normalized spacial score (nSPS) is 48.0. The summed E-state index contributed by atoms with van der Waals surface area (Å²) in [6.45, 7) is 13.9. The molecule has 9 heteroatoms. The van der Waals surface area contributed by atoms with Crippen molar-refractivity contribution in [2.45, 2.75) is 110 Å². The Morgan fingerprint density at radius 3 is 2.51 bits per heavy atom. The van der Waals surface area contributed by atoms with E-state index in [9.17, 15) is 14.4 Å². The van der Waals surface area contributed by atoms with Crippen molar-refractivity contribution in [2.24, 2.45) is 52.3 Å². The summed E-state index contributed by atoms with van der Waals surface area (Å²) in [5.74, 6) is 3.47. The minimum absolute atomic E-state index is 0.0867. The first-order chi connectivity index (χ1) is 21.5. The highest BCUT2D eigenvalue weighted by molar-refractivity contribution is 5.97. The van der Waals surface area contributed by atoms with Gasteiger partial charge in [-0.05, 0) is 86.4 Å². The fraction of sp³-hybridized carbons (Fsp3) is 0.917. The first kappa shape index (κ1) is 32.0. The van der Waals surface area contributed by atoms with Gasteiger partial charge in [-0.2, -0.15) is 0 Å². The third-order valence-corrected chi connectivity index (χ3v) is 14.8. The number of Topliss-reactive ketones (excluding diaryl/α,β-unsaturated/α-hetero) is 1. The molecule has 252 valence electrons. The van der Waals surface area contributed by atoms with Crippen molar-refractivity contribution in [1.29, 1.82) is 0 Å². The molecule has 7 aliphatic rings. The molecule has 0 radical (unpaired) electrons. The number of piperazine rings is 1. The second-order valence-corrected chi connectivity index (χ2v) is 16.8. The molecule has 0 aromatic carbocycles. The summed E-state index contributed by atoms with van der Waals surface area (Å²) in [6, 6.07) is 0.105. The molecular weight excluding hydrogens is 568 g/mol. The lowest BCUT2D eigenvalue weighted by molar-refractivity contribution is -0.160. The van der Waals surface area contributed by atoms with Crippen LogP contribution in [0, 0.1) is 52.3 Å². The van der Waals surface area contributed by atoms with Crippen LogP contribution in [0.4, 0.5) is 0 Å². The average molecular weight is 627 g/mol. The van der Waals surface area contributed by atoms with E-state index >= 15 is 0 Å². The Bertz CT molecular complexity index is 1160. The predicted molar refractivity (Wildman–Crippen MR) is 171 cm³/mol. The number of nitrogens with one attached hydrogen (secondary N) is 2. The summed E-state index contributed by atoms with van der Waals surface area (Å²) in [6.07, 6.45) is 9.32. The third-order valence-electron chi connectivity index (χ3n) is 14.8. The molecule has 3 heterocycles. The molecular formula is C36H58N4O5. The zero-order valence-electron chi connectivity index (χ0n) is 28.2. The first-order valence-corrected chi connectivity index (χ1v) is 18.3. The van der Waals surface area contributed by atoms with E-state index in [1.165, 1.54) is 12.8 Å². The average Bonchev–Trinajstić information content (AvgIpc) is 3.46. The van der Waals surface area contributed by atoms with Gasteiger partial charge in [-0.25, -0.2) is 0 Å². The molecule has 0 bridgehead atoms. The minimum atomic E-state index is -0.286. The van der Waals surface area contributed by atoms with Gasteiger partial charge in [-0.15, -0.1) is 0 Å². The molecule has 3 saturated heterocycles. The Kier molecular flexibility index (Phi) is 8.43. The summed E-state index contributed by atoms with van der Waals surface area (Å²) in [4.78, 5) is 44.2. The Labute approximate surface area is 269 Å². The lowest BCUT2D eigenvalue weighted by atomic mass is 9.44. The van der Waals surface area contributed by atoms with Gasteiger partial charge < -0.3 is 20.1 Å². The molecule has 4 aliphatic carbocycles. The van der Waals surface area contributed by atoms with Gasteiger partial charge in [0.1, 0.15) is 17.9 Å². The number of aliphatic hydroxyl groups excluding tert-OH is 1. The zero-order valence-corrected chi connectivity index (χ0v) is 28.2. The number of ether oxygens (including phenoxy) is 1. The van der Waals surface area contributed by atoms with Gasteiger partial charge in [0.15, 0.2) is 0 Å². The van der Waals surface area contributed by atoms with Crippen LogP contribution >= 0.6 is 0 Å². The monoisotopic (exact) mass is 626 g/mol. The van der Waals surface area contributed by atoms with Crippen LogP contribution in [0.3, 0.4) is 0 Å². The maximum atomic E-state index is 14.4. The summed E-state index contributed by atoms with van der Waals surface area (Å²) in [5.41, 5.74) is -0.414. The van der Waals surface area contributed by atoms with E-state index < -0.39 is 0 Å². The SMILES string of the molecule is C[C@H]1CC[C@@]2(NC1)O[C@H]1C[C@H]3[C@@H]4CC[C@@H]5C[C@@H](NC(=O)CC(=O)N6CCN(CCO)CC6)CC[C@]5(C)[C@H]4CC(=O)[C@]3(C)[C@H]1[C@@H]2C. The van der Waals surface area contributed by atoms with E-state index in [-0.39, 0.29) is 53.5 Å². The quantitative estimate of drug-likeness (QED) is 0.402. The van der Waals surface area contributed by atoms with Crippen LogP contribution in [0.2, 0.25) is 0 Å². The number of amides is 2. The standard InChI is InChI=1S/C36H58N4O5/c1-22-7-10-36(37-21-22)23(2)33-29(45-36)18-28-26-6-5-24-17-25(8-9-34(24,3)27(26)19-30(42)35(28,33)4)38-31(43)20-32(44)40-13-11-39(12-14-40)15-16-41/h22-29,33,37,41H,5-21H2,1-4H3,(H,38,43)/t22-,23-,24+,25-,26+,27-,28-,29-,33-,34-,35+,36+/m0/s1. The fourth-order valence-electron chi connectivity index (χ4n) is 12.2. The van der Waals surface area contributed by atoms with E-state index in [2.05, 4.69) is 43.2 Å². The highest BCUT2D eigenvalue weighted by atomic mass is 16.5. The van der Waals surface area contributed by atoms with Crippen LogP contribution < -0.4 is 10.6 Å². The van der Waals surface area contributed by atoms with Crippen LogP contribution in [-0.2, 0) is 19.1 Å². The maximum absolute atomic E-state index is 14.4. The van der Waals surface area contributed by atoms with E-state index in [4.69, 9.17) is 9.84 Å². The third kappa shape index (κ3) is 5.21. The van der Waals surface area contributed by atoms with E-state index in [0.29, 0.717) is 73.3 Å². The van der Waals surface area contributed by atoms with Crippen molar-refractivity contribution in [3.05, 3.63) is 0 Å². The van der Waals surface area contributed by atoms with E-state index in [1.807, 2.05) is 0 Å². The lowest BCUT2D eigenvalue weighted by Crippen LogP contribution is -2.60. The molecule has 9 nitrogen and oxygen atoms in total. The first-order valence-electron chi connectivity index (χ1n) is 18.3. The molecule has 0 unspecified atom stereocenters. The van der Waals surface area contributed by atoms with Gasteiger partial charge >= 0.3 is 0 Å². The number of hydrogen-bond donors (Lipinski definition) is 3. The Balaban J connectivity index is 0.967. The highest BCUT2D eigenvalue weighted by Crippen LogP contribution is 2.70. The number of fused-ring (bicyclic) bond motifs is 7. The highest BCUT2D eigenvalue weighted by Gasteiger charge is 2.71. The van der Waals surface area contributed by atoms with Crippen LogP contribution in [0.15, 0.2) is 0 Å². The van der Waals surface area contributed by atoms with Crippen LogP contribution in [0.1, 0.15) is 91.9 Å². The van der Waals surface area contributed by atoms with Crippen molar-refractivity contribution in [3.63, 3.8) is 0 Å². The zero-order chi connectivity index (χ0) is 31.7. The summed E-state index contributed by atoms with van der Waals surface area (Å²) < 4.78 is 6.98. The number of nitrogens with zero attached hydrogens (tertiary/aromatic N) is 2. The predicted octanol–water partition coefficient (Wildman–Crippen LogP) is 3.20. The number of ketones is 1. The van der Waals surface area contributed by atoms with Crippen molar-refractivity contribution >= 4 is 17.6 Å². The Morgan fingerprint density at radius 2 is 1.80 bits per heavy atom. The smallest absolute Gasteiger partial charge is 0.232 e. The number of aliphatic hydroxyl groups is 1. The molecule has 0 aromatic rings. The minimum Gasteiger partial charge on any atom is -0.395 e. The number of β-amino-alcohol motifs (C(OH)–C–C–N with tert-alkyl or cyclic N) is 1. The van der Waals surface area contributed by atoms with Crippen LogP contribution in [-0.4, -0.2) is 96.3 Å². The molecule has 3 aliphatic heterocycles. The molecule has 7 rings (SSSR count). The maximum Gasteiger partial charge on any atom is 0.232 e. The molecule has 4 saturated carbocycles. The molecule has 2 amide bonds. The Morgan fingerprint density at radius 1 is 1.02 bits per heavy atom. The van der Waals surface area contributed by atoms with Gasteiger partial charge in [0.25, 0.3) is 0 Å². The largest absolute Gasteiger partial charge is 0.395 e. The lowest BCUT2D eigenvalue weighted by Gasteiger charge is -2.60. The van der Waals surface area contributed by atoms with Crippen molar-refractivity contribution < 1.29 is 24.2 Å². The topological polar surface area (TPSA) is 111 Å². The molecule has 0 aromatic heterocycles. The summed E-state index contributed by atoms with van der Waals surface area (Å²) in [7, 11) is 0. The molecule has 3 N–H and O–H groups in total. The number of carbonyl (C=O) groups excluding carboxylic acids is 3. The second-order valence-electron chi connectivity index (χ2n) is 16.8. The molecule has 12 atom stereocenters. The van der Waals surface area contributed by atoms with Crippen molar-refractivity contribution in [2.75, 3.05) is 45.9 Å². The molecule has 7 fully saturated rings. The van der Waals surface area contributed by atoms with Gasteiger partial charge in [0.05, 0.1) is 12.7 Å². The van der Waals surface area contributed by atoms with Crippen molar-refractivity contribution in [1.82, 2.24) is 20.4 Å². The fourth-order valence-corrected chi connectivity index (χ4v) is 12.2. The number of piperidine rings is 1. The number of hydrogen-bond acceptors (Lipinski definition) is 7. The van der Waals surface area contributed by atoms with E-state index in [1.54, 1.807) is 4.90 Å². The van der Waals surface area contributed by atoms with Crippen LogP contribution in [0.25, 0.3) is 0 Å². The second kappa shape index (κ2) is 11.9. The van der Waals surface area contributed by atoms with Crippen molar-refractivity contribution in [3.8, 4) is 0 Å². The van der Waals surface area contributed by atoms with Gasteiger partial charge in [-0.1, -0.05) is 27.7 Å². The number of carbonyl (C=O) groups is 3. The molecule has 45 heavy (non-hydrogen) atoms. The summed E-state index contributed by atoms with van der Waals surface area (Å²) >= 11 is 0. The molecule has 1 spiro atoms. The van der Waals surface area contributed by atoms with Gasteiger partial charge in [0.2, 0.25) is 11.8 Å². The number of rotatable bonds is 5. The Hall–Kier alpha value is -1.55. The van der Waals surface area contributed by atoms with Crippen LogP contribution in [0.5, 0.6) is 0 Å².